The van der Waals surface area contributed by atoms with E-state index in [1.807, 2.05) is 0 Å². The third-order valence-corrected chi connectivity index (χ3v) is 6.36. The Hall–Kier alpha value is -0.690. The topological polar surface area (TPSA) is 54.5 Å². The molecule has 1 heterocycles. The van der Waals surface area contributed by atoms with Crippen molar-refractivity contribution < 1.29 is 17.6 Å². The number of carbonyl (C=O) groups is 1. The maximum Gasteiger partial charge on any atom is 0.244 e. The van der Waals surface area contributed by atoms with Gasteiger partial charge >= 0.3 is 0 Å². The summed E-state index contributed by atoms with van der Waals surface area (Å²) in [5.74, 6) is -1.01. The van der Waals surface area contributed by atoms with Crippen LogP contribution >= 0.6 is 23.2 Å². The zero-order valence-electron chi connectivity index (χ0n) is 11.3. The van der Waals surface area contributed by atoms with Gasteiger partial charge in [0, 0.05) is 19.0 Å². The van der Waals surface area contributed by atoms with Crippen molar-refractivity contribution in [2.75, 3.05) is 13.1 Å². The summed E-state index contributed by atoms with van der Waals surface area (Å²) in [5.41, 5.74) is 0. The predicted molar refractivity (Wildman–Crippen MR) is 78.6 cm³/mol. The zero-order valence-corrected chi connectivity index (χ0v) is 13.6. The third kappa shape index (κ3) is 3.23. The van der Waals surface area contributed by atoms with Crippen LogP contribution in [0.15, 0.2) is 17.0 Å². The van der Waals surface area contributed by atoms with Crippen LogP contribution in [-0.4, -0.2) is 31.6 Å². The molecule has 4 nitrogen and oxygen atoms in total. The lowest BCUT2D eigenvalue weighted by Crippen LogP contribution is -2.40. The van der Waals surface area contributed by atoms with E-state index >= 15 is 0 Å². The molecule has 0 atom stereocenters. The van der Waals surface area contributed by atoms with Crippen molar-refractivity contribution in [1.29, 1.82) is 0 Å². The molecule has 1 fully saturated rings. The van der Waals surface area contributed by atoms with Gasteiger partial charge in [-0.1, -0.05) is 23.2 Å². The standard InChI is InChI=1S/C13H14Cl2FNO3S/c1-8(18)9-4-6-17(7-5-9)21(19,20)11-3-2-10(14)13(16)12(11)15/h2-3,9H,4-7H2,1H3. The fraction of sp³-hybridized carbons (Fsp3) is 0.462. The molecule has 0 saturated carbocycles. The number of ketones is 1. The van der Waals surface area contributed by atoms with Gasteiger partial charge in [0.2, 0.25) is 10.0 Å². The number of piperidine rings is 1. The van der Waals surface area contributed by atoms with Gasteiger partial charge in [-0.25, -0.2) is 12.8 Å². The van der Waals surface area contributed by atoms with Gasteiger partial charge in [-0.2, -0.15) is 4.31 Å². The molecule has 116 valence electrons. The summed E-state index contributed by atoms with van der Waals surface area (Å²) in [6.45, 7) is 1.93. The molecule has 1 aromatic carbocycles. The molecule has 0 N–H and O–H groups in total. The molecule has 0 aliphatic carbocycles. The third-order valence-electron chi connectivity index (χ3n) is 3.65. The van der Waals surface area contributed by atoms with Gasteiger partial charge in [0.15, 0.2) is 5.82 Å². The van der Waals surface area contributed by atoms with Gasteiger partial charge in [0.05, 0.1) is 10.0 Å². The molecule has 0 radical (unpaired) electrons. The van der Waals surface area contributed by atoms with Crippen LogP contribution in [-0.2, 0) is 14.8 Å². The smallest absolute Gasteiger partial charge is 0.244 e. The number of benzene rings is 1. The Morgan fingerprint density at radius 3 is 2.38 bits per heavy atom. The van der Waals surface area contributed by atoms with Crippen LogP contribution in [0, 0.1) is 11.7 Å². The minimum atomic E-state index is -3.89. The number of carbonyl (C=O) groups excluding carboxylic acids is 1. The minimum absolute atomic E-state index is 0.0580. The predicted octanol–water partition coefficient (Wildman–Crippen LogP) is 3.12. The second-order valence-corrected chi connectivity index (χ2v) is 7.65. The van der Waals surface area contributed by atoms with E-state index < -0.39 is 20.9 Å². The lowest BCUT2D eigenvalue weighted by atomic mass is 9.95. The van der Waals surface area contributed by atoms with E-state index in [1.165, 1.54) is 17.3 Å². The van der Waals surface area contributed by atoms with E-state index in [9.17, 15) is 17.6 Å². The number of Topliss-reactive ketones (excluding diaryl/α,β-unsaturated/α-hetero) is 1. The molecule has 21 heavy (non-hydrogen) atoms. The van der Waals surface area contributed by atoms with Gasteiger partial charge < -0.3 is 0 Å². The highest BCUT2D eigenvalue weighted by atomic mass is 35.5. The fourth-order valence-corrected chi connectivity index (χ4v) is 4.54. The van der Waals surface area contributed by atoms with Crippen molar-refractivity contribution in [2.24, 2.45) is 5.92 Å². The largest absolute Gasteiger partial charge is 0.300 e. The summed E-state index contributed by atoms with van der Waals surface area (Å²) in [6.07, 6.45) is 0.921. The highest BCUT2D eigenvalue weighted by Crippen LogP contribution is 2.32. The van der Waals surface area contributed by atoms with E-state index in [2.05, 4.69) is 0 Å². The molecule has 1 aliphatic heterocycles. The first-order valence-corrected chi connectivity index (χ1v) is 8.59. The SMILES string of the molecule is CC(=O)C1CCN(S(=O)(=O)c2ccc(Cl)c(F)c2Cl)CC1. The highest BCUT2D eigenvalue weighted by Gasteiger charge is 2.33. The van der Waals surface area contributed by atoms with Crippen LogP contribution in [0.3, 0.4) is 0 Å². The van der Waals surface area contributed by atoms with Crippen molar-refractivity contribution in [2.45, 2.75) is 24.7 Å². The molecule has 0 unspecified atom stereocenters. The summed E-state index contributed by atoms with van der Waals surface area (Å²) < 4.78 is 39.9. The Bertz CT molecular complexity index is 670. The van der Waals surface area contributed by atoms with Gasteiger partial charge in [-0.05, 0) is 31.9 Å². The quantitative estimate of drug-likeness (QED) is 0.784. The van der Waals surface area contributed by atoms with Crippen LogP contribution in [0.1, 0.15) is 19.8 Å². The van der Waals surface area contributed by atoms with Crippen molar-refractivity contribution in [3.8, 4) is 0 Å². The maximum absolute atomic E-state index is 13.7. The van der Waals surface area contributed by atoms with Crippen molar-refractivity contribution in [3.63, 3.8) is 0 Å². The summed E-state index contributed by atoms with van der Waals surface area (Å²) in [6, 6.07) is 2.36. The van der Waals surface area contributed by atoms with Gasteiger partial charge in [-0.15, -0.1) is 0 Å². The Morgan fingerprint density at radius 1 is 1.29 bits per heavy atom. The summed E-state index contributed by atoms with van der Waals surface area (Å²) in [4.78, 5) is 11.0. The summed E-state index contributed by atoms with van der Waals surface area (Å²) in [5, 5.41) is -0.731. The first-order valence-electron chi connectivity index (χ1n) is 6.39. The number of rotatable bonds is 3. The molecule has 0 aromatic heterocycles. The molecule has 0 bridgehead atoms. The van der Waals surface area contributed by atoms with Gasteiger partial charge in [-0.3, -0.25) is 4.79 Å². The van der Waals surface area contributed by atoms with Crippen LogP contribution in [0.25, 0.3) is 0 Å². The van der Waals surface area contributed by atoms with Gasteiger partial charge in [0.25, 0.3) is 0 Å². The minimum Gasteiger partial charge on any atom is -0.300 e. The molecule has 1 aromatic rings. The Morgan fingerprint density at radius 2 is 1.86 bits per heavy atom. The van der Waals surface area contributed by atoms with Gasteiger partial charge in [0.1, 0.15) is 10.7 Å². The van der Waals surface area contributed by atoms with E-state index in [1.54, 1.807) is 0 Å². The monoisotopic (exact) mass is 353 g/mol. The van der Waals surface area contributed by atoms with Crippen LogP contribution in [0.4, 0.5) is 4.39 Å². The number of hydrogen-bond donors (Lipinski definition) is 0. The molecule has 8 heteroatoms. The Balaban J connectivity index is 2.28. The molecule has 2 rings (SSSR count). The van der Waals surface area contributed by atoms with Crippen molar-refractivity contribution in [3.05, 3.63) is 28.0 Å². The van der Waals surface area contributed by atoms with Crippen LogP contribution in [0.5, 0.6) is 0 Å². The normalized spacial score (nSPS) is 17.9. The Kier molecular flexibility index (Phi) is 4.92. The van der Waals surface area contributed by atoms with E-state index in [4.69, 9.17) is 23.2 Å². The number of sulfonamides is 1. The van der Waals surface area contributed by atoms with Crippen LogP contribution < -0.4 is 0 Å². The fourth-order valence-electron chi connectivity index (χ4n) is 2.35. The molecular weight excluding hydrogens is 340 g/mol. The van der Waals surface area contributed by atoms with Crippen molar-refractivity contribution in [1.82, 2.24) is 4.31 Å². The average Bonchev–Trinajstić information content (AvgIpc) is 2.44. The summed E-state index contributed by atoms with van der Waals surface area (Å²) in [7, 11) is -3.89. The van der Waals surface area contributed by atoms with Crippen LogP contribution in [0.2, 0.25) is 10.0 Å². The highest BCUT2D eigenvalue weighted by molar-refractivity contribution is 7.89. The Labute approximate surface area is 132 Å². The molecule has 1 saturated heterocycles. The van der Waals surface area contributed by atoms with Crippen molar-refractivity contribution >= 4 is 39.0 Å². The zero-order chi connectivity index (χ0) is 15.8. The molecular formula is C13H14Cl2FNO3S. The lowest BCUT2D eigenvalue weighted by Gasteiger charge is -2.30. The number of halogens is 3. The molecule has 0 amide bonds. The van der Waals surface area contributed by atoms with E-state index in [-0.39, 0.29) is 34.7 Å². The van der Waals surface area contributed by atoms with E-state index in [0.29, 0.717) is 12.8 Å². The second-order valence-electron chi connectivity index (χ2n) is 4.96. The van der Waals surface area contributed by atoms with E-state index in [0.717, 1.165) is 6.07 Å². The first-order chi connectivity index (χ1) is 9.75. The maximum atomic E-state index is 13.7. The average molecular weight is 354 g/mol. The summed E-state index contributed by atoms with van der Waals surface area (Å²) >= 11 is 11.3. The number of nitrogens with zero attached hydrogens (tertiary/aromatic N) is 1. The molecule has 0 spiro atoms. The second kappa shape index (κ2) is 6.20. The number of hydrogen-bond acceptors (Lipinski definition) is 3. The first kappa shape index (κ1) is 16.7. The lowest BCUT2D eigenvalue weighted by molar-refractivity contribution is -0.121. The molecule has 1 aliphatic rings.